The van der Waals surface area contributed by atoms with Crippen molar-refractivity contribution in [3.63, 3.8) is 0 Å². The third-order valence-electron chi connectivity index (χ3n) is 5.94. The van der Waals surface area contributed by atoms with Crippen LogP contribution in [-0.2, 0) is 25.7 Å². The van der Waals surface area contributed by atoms with Crippen molar-refractivity contribution < 1.29 is 55.6 Å². The van der Waals surface area contributed by atoms with Crippen molar-refractivity contribution in [2.45, 2.75) is 50.7 Å². The van der Waals surface area contributed by atoms with Gasteiger partial charge in [-0.1, -0.05) is 12.5 Å². The Hall–Kier alpha value is -3.53. The summed E-state index contributed by atoms with van der Waals surface area (Å²) in [5.74, 6) is -4.31. The number of aromatic nitrogens is 3. The summed E-state index contributed by atoms with van der Waals surface area (Å²) in [5, 5.41) is 14.2. The fraction of sp³-hybridized carbons (Fsp3) is 0.542. The van der Waals surface area contributed by atoms with Crippen LogP contribution in [0.15, 0.2) is 36.8 Å². The Labute approximate surface area is 225 Å². The number of anilines is 1. The number of aryl methyl sites for hydroxylation is 1. The molecule has 2 aliphatic rings. The number of rotatable bonds is 5. The van der Waals surface area contributed by atoms with Gasteiger partial charge in [0, 0.05) is 31.1 Å². The summed E-state index contributed by atoms with van der Waals surface area (Å²) in [4.78, 5) is 33.4. The number of halogens is 6. The van der Waals surface area contributed by atoms with E-state index >= 15 is 0 Å². The third kappa shape index (κ3) is 10.2. The molecule has 2 atom stereocenters. The Morgan fingerprint density at radius 1 is 1.07 bits per heavy atom. The predicted octanol–water partition coefficient (Wildman–Crippen LogP) is 4.04. The zero-order chi connectivity index (χ0) is 30.0. The van der Waals surface area contributed by atoms with Crippen LogP contribution >= 0.6 is 0 Å². The van der Waals surface area contributed by atoms with E-state index in [9.17, 15) is 26.3 Å². The molecule has 10 nitrogen and oxygen atoms in total. The minimum Gasteiger partial charge on any atom is -0.475 e. The lowest BCUT2D eigenvalue weighted by molar-refractivity contribution is -0.193. The lowest BCUT2D eigenvalue weighted by Gasteiger charge is -2.44. The van der Waals surface area contributed by atoms with Crippen LogP contribution in [0.25, 0.3) is 0 Å². The van der Waals surface area contributed by atoms with Gasteiger partial charge in [0.05, 0.1) is 37.7 Å². The number of ether oxygens (including phenoxy) is 2. The maximum absolute atomic E-state index is 10.6. The Bertz CT molecular complexity index is 1060. The van der Waals surface area contributed by atoms with Crippen molar-refractivity contribution in [3.05, 3.63) is 48.0 Å². The molecule has 1 spiro atoms. The van der Waals surface area contributed by atoms with Crippen LogP contribution in [0.2, 0.25) is 0 Å². The average Bonchev–Trinajstić information content (AvgIpc) is 3.25. The molecule has 1 aliphatic carbocycles. The van der Waals surface area contributed by atoms with Gasteiger partial charge in [-0.3, -0.25) is 4.98 Å². The van der Waals surface area contributed by atoms with E-state index in [2.05, 4.69) is 19.9 Å². The molecule has 0 unspecified atom stereocenters. The van der Waals surface area contributed by atoms with Gasteiger partial charge in [0.2, 0.25) is 5.95 Å². The van der Waals surface area contributed by atoms with E-state index in [1.165, 1.54) is 6.42 Å². The van der Waals surface area contributed by atoms with E-state index in [1.807, 2.05) is 37.5 Å². The van der Waals surface area contributed by atoms with E-state index in [-0.39, 0.29) is 5.60 Å². The van der Waals surface area contributed by atoms with Gasteiger partial charge >= 0.3 is 24.3 Å². The van der Waals surface area contributed by atoms with Gasteiger partial charge in [0.1, 0.15) is 0 Å². The minimum atomic E-state index is -5.08. The first-order valence-electron chi connectivity index (χ1n) is 11.9. The van der Waals surface area contributed by atoms with E-state index in [0.717, 1.165) is 43.1 Å². The molecule has 2 aromatic rings. The SMILES string of the molecule is Cc1cnc(N2CCO[C@]3(CCC[C@@H]3COCc3ccccn3)C2)nc1.O=C(O)C(F)(F)F.O=C(O)C(F)(F)F. The summed E-state index contributed by atoms with van der Waals surface area (Å²) in [6.07, 6.45) is -1.20. The summed E-state index contributed by atoms with van der Waals surface area (Å²) < 4.78 is 75.8. The number of morpholine rings is 1. The molecule has 1 saturated carbocycles. The van der Waals surface area contributed by atoms with Crippen molar-refractivity contribution in [1.82, 2.24) is 15.0 Å². The maximum atomic E-state index is 10.6. The van der Waals surface area contributed by atoms with E-state index in [4.69, 9.17) is 29.3 Å². The second-order valence-electron chi connectivity index (χ2n) is 8.93. The van der Waals surface area contributed by atoms with Crippen LogP contribution in [0.4, 0.5) is 32.3 Å². The number of alkyl halides is 6. The number of nitrogens with zero attached hydrogens (tertiary/aromatic N) is 4. The molecule has 2 N–H and O–H groups in total. The highest BCUT2D eigenvalue weighted by Gasteiger charge is 2.47. The first-order valence-corrected chi connectivity index (χ1v) is 11.9. The van der Waals surface area contributed by atoms with Gasteiger partial charge in [0.15, 0.2) is 0 Å². The Morgan fingerprint density at radius 3 is 2.20 bits per heavy atom. The molecule has 1 saturated heterocycles. The molecule has 3 heterocycles. The largest absolute Gasteiger partial charge is 0.490 e. The molecule has 0 aromatic carbocycles. The van der Waals surface area contributed by atoms with Crippen molar-refractivity contribution in [2.75, 3.05) is 31.2 Å². The number of hydrogen-bond acceptors (Lipinski definition) is 8. The highest BCUT2D eigenvalue weighted by atomic mass is 19.4. The number of hydrogen-bond donors (Lipinski definition) is 2. The monoisotopic (exact) mass is 582 g/mol. The molecular weight excluding hydrogens is 554 g/mol. The highest BCUT2D eigenvalue weighted by molar-refractivity contribution is 5.73. The third-order valence-corrected chi connectivity index (χ3v) is 5.94. The predicted molar refractivity (Wildman–Crippen MR) is 126 cm³/mol. The van der Waals surface area contributed by atoms with Crippen molar-refractivity contribution in [2.24, 2.45) is 5.92 Å². The molecule has 0 radical (unpaired) electrons. The molecular formula is C24H28F6N4O6. The van der Waals surface area contributed by atoms with E-state index in [1.54, 1.807) is 6.20 Å². The average molecular weight is 582 g/mol. The van der Waals surface area contributed by atoms with Crippen molar-refractivity contribution in [3.8, 4) is 0 Å². The number of carbonyl (C=O) groups is 2. The standard InChI is InChI=1S/C20H26N4O2.2C2HF3O2/c1-16-11-22-19(23-12-16)24-9-10-26-20(15-24)7-4-5-17(20)13-25-14-18-6-2-3-8-21-18;2*3-2(4,5)1(6)7/h2-3,6,8,11-12,17H,4-5,7,9-10,13-15H2,1H3;2*(H,6,7)/t17-,20-;;/m1../s1. The summed E-state index contributed by atoms with van der Waals surface area (Å²) in [6, 6.07) is 5.91. The quantitative estimate of drug-likeness (QED) is 0.498. The van der Waals surface area contributed by atoms with Gasteiger partial charge in [-0.15, -0.1) is 0 Å². The second kappa shape index (κ2) is 14.2. The van der Waals surface area contributed by atoms with Crippen molar-refractivity contribution >= 4 is 17.9 Å². The molecule has 2 aromatic heterocycles. The number of pyridine rings is 1. The minimum absolute atomic E-state index is 0.142. The molecule has 0 bridgehead atoms. The molecule has 0 amide bonds. The van der Waals surface area contributed by atoms with Crippen LogP contribution in [-0.4, -0.2) is 81.4 Å². The first kappa shape index (κ1) is 32.7. The first-order chi connectivity index (χ1) is 18.6. The number of aliphatic carboxylic acids is 2. The second-order valence-corrected chi connectivity index (χ2v) is 8.93. The molecule has 4 rings (SSSR count). The topological polar surface area (TPSA) is 135 Å². The summed E-state index contributed by atoms with van der Waals surface area (Å²) in [6.45, 7) is 5.67. The summed E-state index contributed by atoms with van der Waals surface area (Å²) >= 11 is 0. The van der Waals surface area contributed by atoms with Gasteiger partial charge in [-0.25, -0.2) is 19.6 Å². The lowest BCUT2D eigenvalue weighted by Crippen LogP contribution is -2.55. The fourth-order valence-electron chi connectivity index (χ4n) is 4.06. The molecule has 222 valence electrons. The van der Waals surface area contributed by atoms with Crippen LogP contribution in [0.3, 0.4) is 0 Å². The van der Waals surface area contributed by atoms with E-state index in [0.29, 0.717) is 25.7 Å². The highest BCUT2D eigenvalue weighted by Crippen LogP contribution is 2.41. The molecule has 1 aliphatic heterocycles. The molecule has 40 heavy (non-hydrogen) atoms. The van der Waals surface area contributed by atoms with Crippen LogP contribution in [0, 0.1) is 12.8 Å². The lowest BCUT2D eigenvalue weighted by atomic mass is 9.89. The van der Waals surface area contributed by atoms with Crippen molar-refractivity contribution in [1.29, 1.82) is 0 Å². The van der Waals surface area contributed by atoms with E-state index < -0.39 is 24.3 Å². The molecule has 2 fully saturated rings. The number of carboxylic acid groups (broad SMARTS) is 2. The van der Waals surface area contributed by atoms with Gasteiger partial charge in [-0.05, 0) is 37.5 Å². The van der Waals surface area contributed by atoms with Gasteiger partial charge in [-0.2, -0.15) is 26.3 Å². The Kier molecular flexibility index (Phi) is 11.6. The fourth-order valence-corrected chi connectivity index (χ4v) is 4.06. The zero-order valence-corrected chi connectivity index (χ0v) is 21.3. The van der Waals surface area contributed by atoms with Gasteiger partial charge < -0.3 is 24.6 Å². The van der Waals surface area contributed by atoms with Crippen LogP contribution in [0.5, 0.6) is 0 Å². The van der Waals surface area contributed by atoms with Gasteiger partial charge in [0.25, 0.3) is 0 Å². The van der Waals surface area contributed by atoms with Crippen LogP contribution < -0.4 is 4.90 Å². The Balaban J connectivity index is 0.000000333. The number of carboxylic acids is 2. The Morgan fingerprint density at radius 2 is 1.68 bits per heavy atom. The normalized spacial score (nSPS) is 20.7. The van der Waals surface area contributed by atoms with Crippen LogP contribution in [0.1, 0.15) is 30.5 Å². The maximum Gasteiger partial charge on any atom is 0.490 e. The summed E-state index contributed by atoms with van der Waals surface area (Å²) in [5.41, 5.74) is 1.91. The molecule has 16 heteroatoms. The summed E-state index contributed by atoms with van der Waals surface area (Å²) in [7, 11) is 0. The smallest absolute Gasteiger partial charge is 0.475 e. The zero-order valence-electron chi connectivity index (χ0n) is 21.3.